The number of rotatable bonds is 5. The molecule has 21 heavy (non-hydrogen) atoms. The second kappa shape index (κ2) is 7.07. The first-order valence-corrected chi connectivity index (χ1v) is 6.20. The molecule has 0 saturated carbocycles. The lowest BCUT2D eigenvalue weighted by molar-refractivity contribution is -0.125. The van der Waals surface area contributed by atoms with E-state index >= 15 is 0 Å². The van der Waals surface area contributed by atoms with Gasteiger partial charge in [-0.25, -0.2) is 13.2 Å². The van der Waals surface area contributed by atoms with Crippen molar-refractivity contribution < 1.29 is 22.8 Å². The lowest BCUT2D eigenvalue weighted by Gasteiger charge is -2.15. The van der Waals surface area contributed by atoms with E-state index in [-0.39, 0.29) is 5.92 Å². The minimum Gasteiger partial charge on any atom is -0.346 e. The van der Waals surface area contributed by atoms with Gasteiger partial charge in [-0.1, -0.05) is 13.8 Å². The smallest absolute Gasteiger partial charge is 0.243 e. The Morgan fingerprint density at radius 1 is 1.24 bits per heavy atom. The molecule has 0 heterocycles. The topological polar surface area (TPSA) is 84.2 Å². The summed E-state index contributed by atoms with van der Waals surface area (Å²) in [6.45, 7) is 2.97. The summed E-state index contributed by atoms with van der Waals surface area (Å²) in [6.07, 6.45) is 0. The van der Waals surface area contributed by atoms with Gasteiger partial charge in [-0.3, -0.25) is 9.59 Å². The molecule has 4 N–H and O–H groups in total. The highest BCUT2D eigenvalue weighted by Gasteiger charge is 2.18. The average Bonchev–Trinajstić information content (AvgIpc) is 2.40. The molecule has 0 bridgehead atoms. The second-order valence-corrected chi connectivity index (χ2v) is 4.78. The lowest BCUT2D eigenvalue weighted by atomic mass is 10.1. The number of carbonyl (C=O) groups is 2. The third kappa shape index (κ3) is 4.75. The molecule has 1 aromatic rings. The van der Waals surface area contributed by atoms with Gasteiger partial charge in [-0.2, -0.15) is 0 Å². The summed E-state index contributed by atoms with van der Waals surface area (Å²) in [5.41, 5.74) is 4.92. The summed E-state index contributed by atoms with van der Waals surface area (Å²) >= 11 is 0. The molecule has 2 amide bonds. The van der Waals surface area contributed by atoms with Gasteiger partial charge in [0.1, 0.15) is 5.82 Å². The summed E-state index contributed by atoms with van der Waals surface area (Å²) in [4.78, 5) is 23.0. The van der Waals surface area contributed by atoms with Crippen molar-refractivity contribution in [1.29, 1.82) is 0 Å². The predicted molar refractivity (Wildman–Crippen MR) is 70.8 cm³/mol. The Labute approximate surface area is 119 Å². The van der Waals surface area contributed by atoms with Crippen LogP contribution in [0.25, 0.3) is 0 Å². The molecule has 0 aliphatic rings. The molecule has 0 radical (unpaired) electrons. The summed E-state index contributed by atoms with van der Waals surface area (Å²) in [5, 5.41) is 4.21. The van der Waals surface area contributed by atoms with Crippen LogP contribution < -0.4 is 16.4 Å². The zero-order chi connectivity index (χ0) is 16.2. The van der Waals surface area contributed by atoms with Crippen molar-refractivity contribution in [2.45, 2.75) is 19.9 Å². The van der Waals surface area contributed by atoms with Crippen LogP contribution in [0.15, 0.2) is 12.1 Å². The maximum atomic E-state index is 13.3. The first kappa shape index (κ1) is 17.0. The molecule has 1 rings (SSSR count). The van der Waals surface area contributed by atoms with Crippen LogP contribution in [0.1, 0.15) is 13.8 Å². The van der Waals surface area contributed by atoms with E-state index in [1.165, 1.54) is 0 Å². The van der Waals surface area contributed by atoms with Gasteiger partial charge in [-0.05, 0) is 5.92 Å². The molecule has 1 aromatic carbocycles. The Morgan fingerprint density at radius 2 is 1.86 bits per heavy atom. The van der Waals surface area contributed by atoms with Crippen molar-refractivity contribution in [2.24, 2.45) is 11.7 Å². The Bertz CT molecular complexity index is 550. The average molecular weight is 303 g/mol. The van der Waals surface area contributed by atoms with Crippen molar-refractivity contribution in [3.8, 4) is 0 Å². The van der Waals surface area contributed by atoms with Crippen LogP contribution in [-0.4, -0.2) is 24.4 Å². The molecule has 0 aliphatic carbocycles. The fourth-order valence-corrected chi connectivity index (χ4v) is 1.43. The quantitative estimate of drug-likeness (QED) is 0.713. The van der Waals surface area contributed by atoms with Crippen LogP contribution in [0.4, 0.5) is 18.9 Å². The fourth-order valence-electron chi connectivity index (χ4n) is 1.43. The lowest BCUT2D eigenvalue weighted by Crippen LogP contribution is -2.46. The maximum Gasteiger partial charge on any atom is 0.243 e. The zero-order valence-electron chi connectivity index (χ0n) is 11.5. The highest BCUT2D eigenvalue weighted by Crippen LogP contribution is 2.18. The van der Waals surface area contributed by atoms with Gasteiger partial charge in [0.2, 0.25) is 11.8 Å². The second-order valence-electron chi connectivity index (χ2n) is 4.78. The van der Waals surface area contributed by atoms with Crippen molar-refractivity contribution in [3.63, 3.8) is 0 Å². The molecule has 5 nitrogen and oxygen atoms in total. The van der Waals surface area contributed by atoms with Gasteiger partial charge in [0.25, 0.3) is 0 Å². The molecule has 116 valence electrons. The number of nitrogens with two attached hydrogens (primary N) is 1. The van der Waals surface area contributed by atoms with Crippen molar-refractivity contribution in [2.75, 3.05) is 11.9 Å². The number of amides is 2. The van der Waals surface area contributed by atoms with Gasteiger partial charge < -0.3 is 16.4 Å². The Hall–Kier alpha value is -2.09. The number of halogens is 3. The molecule has 0 aliphatic heterocycles. The number of hydrogen-bond acceptors (Lipinski definition) is 3. The minimum absolute atomic E-state index is 0.122. The maximum absolute atomic E-state index is 13.3. The van der Waals surface area contributed by atoms with E-state index < -0.39 is 47.5 Å². The van der Waals surface area contributed by atoms with E-state index in [0.717, 1.165) is 0 Å². The van der Waals surface area contributed by atoms with Crippen LogP contribution in [0, 0.1) is 23.4 Å². The molecule has 0 unspecified atom stereocenters. The number of anilines is 1. The van der Waals surface area contributed by atoms with E-state index in [9.17, 15) is 22.8 Å². The van der Waals surface area contributed by atoms with Gasteiger partial charge in [0.05, 0.1) is 18.3 Å². The summed E-state index contributed by atoms with van der Waals surface area (Å²) in [7, 11) is 0. The number of nitrogens with one attached hydrogen (secondary N) is 2. The number of benzene rings is 1. The standard InChI is InChI=1S/C13H16F3N3O2/c1-6(2)12(17)13(21)18-5-10(20)19-9-4-7(14)3-8(15)11(9)16/h3-4,6,12H,5,17H2,1-2H3,(H,18,21)(H,19,20)/t12-/m0/s1. The molecule has 0 spiro atoms. The van der Waals surface area contributed by atoms with Gasteiger partial charge in [-0.15, -0.1) is 0 Å². The van der Waals surface area contributed by atoms with Crippen LogP contribution in [0.2, 0.25) is 0 Å². The van der Waals surface area contributed by atoms with E-state index in [4.69, 9.17) is 5.73 Å². The first-order valence-electron chi connectivity index (χ1n) is 6.20. The number of carbonyl (C=O) groups excluding carboxylic acids is 2. The van der Waals surface area contributed by atoms with Crippen LogP contribution >= 0.6 is 0 Å². The fraction of sp³-hybridized carbons (Fsp3) is 0.385. The van der Waals surface area contributed by atoms with Gasteiger partial charge >= 0.3 is 0 Å². The molecule has 0 saturated heterocycles. The van der Waals surface area contributed by atoms with Gasteiger partial charge in [0, 0.05) is 12.1 Å². The Morgan fingerprint density at radius 3 is 2.43 bits per heavy atom. The van der Waals surface area contributed by atoms with E-state index in [1.54, 1.807) is 13.8 Å². The zero-order valence-corrected chi connectivity index (χ0v) is 11.5. The van der Waals surface area contributed by atoms with E-state index in [2.05, 4.69) is 5.32 Å². The largest absolute Gasteiger partial charge is 0.346 e. The highest BCUT2D eigenvalue weighted by molar-refractivity contribution is 5.95. The summed E-state index contributed by atoms with van der Waals surface area (Å²) < 4.78 is 39.2. The minimum atomic E-state index is -1.42. The van der Waals surface area contributed by atoms with Crippen molar-refractivity contribution in [3.05, 3.63) is 29.6 Å². The van der Waals surface area contributed by atoms with Crippen molar-refractivity contribution >= 4 is 17.5 Å². The molecular weight excluding hydrogens is 287 g/mol. The molecule has 8 heteroatoms. The molecule has 0 aromatic heterocycles. The molecule has 1 atom stereocenters. The monoisotopic (exact) mass is 303 g/mol. The van der Waals surface area contributed by atoms with Crippen molar-refractivity contribution in [1.82, 2.24) is 5.32 Å². The SMILES string of the molecule is CC(C)[C@H](N)C(=O)NCC(=O)Nc1cc(F)cc(F)c1F. The summed E-state index contributed by atoms with van der Waals surface area (Å²) in [6, 6.07) is 0.202. The van der Waals surface area contributed by atoms with Crippen LogP contribution in [-0.2, 0) is 9.59 Å². The molecule has 0 fully saturated rings. The first-order chi connectivity index (χ1) is 9.72. The molecular formula is C13H16F3N3O2. The van der Waals surface area contributed by atoms with E-state index in [0.29, 0.717) is 12.1 Å². The number of hydrogen-bond donors (Lipinski definition) is 3. The van der Waals surface area contributed by atoms with E-state index in [1.807, 2.05) is 5.32 Å². The third-order valence-electron chi connectivity index (χ3n) is 2.71. The van der Waals surface area contributed by atoms with Crippen LogP contribution in [0.5, 0.6) is 0 Å². The van der Waals surface area contributed by atoms with Gasteiger partial charge in [0.15, 0.2) is 11.6 Å². The highest BCUT2D eigenvalue weighted by atomic mass is 19.2. The Kier molecular flexibility index (Phi) is 5.71. The predicted octanol–water partition coefficient (Wildman–Crippen LogP) is 1.14. The third-order valence-corrected chi connectivity index (χ3v) is 2.71. The Balaban J connectivity index is 2.61. The summed E-state index contributed by atoms with van der Waals surface area (Å²) in [5.74, 6) is -5.33. The van der Waals surface area contributed by atoms with Crippen LogP contribution in [0.3, 0.4) is 0 Å². The normalized spacial score (nSPS) is 12.1.